The van der Waals surface area contributed by atoms with E-state index in [2.05, 4.69) is 9.97 Å². The normalized spacial score (nSPS) is 11.0. The van der Waals surface area contributed by atoms with Crippen LogP contribution in [-0.4, -0.2) is 21.9 Å². The van der Waals surface area contributed by atoms with Crippen LogP contribution in [0.25, 0.3) is 22.2 Å². The smallest absolute Gasteiger partial charge is 0.338 e. The van der Waals surface area contributed by atoms with Crippen molar-refractivity contribution in [3.05, 3.63) is 95.7 Å². The average Bonchev–Trinajstić information content (AvgIpc) is 3.44. The molecule has 5 aromatic rings. The minimum atomic E-state index is -0.557. The van der Waals surface area contributed by atoms with Gasteiger partial charge in [0, 0.05) is 0 Å². The van der Waals surface area contributed by atoms with Crippen LogP contribution < -0.4 is 0 Å². The van der Waals surface area contributed by atoms with Gasteiger partial charge in [-0.25, -0.2) is 19.6 Å². The number of carbonyl (C=O) groups is 2. The number of oxazole rings is 2. The standard InChI is InChI=1S/C24H16N2O6/c27-23(29-13-21-25-17-5-1-3-7-19(17)31-21)15-9-11-16(12-10-15)24(28)30-14-22-26-18-6-2-4-8-20(18)32-22/h1-12H,13-14H2. The Hall–Kier alpha value is -4.46. The molecule has 0 N–H and O–H groups in total. The van der Waals surface area contributed by atoms with Crippen molar-refractivity contribution in [3.8, 4) is 0 Å². The minimum absolute atomic E-state index is 0.0954. The molecule has 8 heteroatoms. The van der Waals surface area contributed by atoms with E-state index in [0.29, 0.717) is 34.0 Å². The molecule has 0 aliphatic carbocycles. The summed E-state index contributed by atoms with van der Waals surface area (Å²) >= 11 is 0. The molecule has 0 bridgehead atoms. The van der Waals surface area contributed by atoms with Crippen LogP contribution in [0, 0.1) is 0 Å². The van der Waals surface area contributed by atoms with E-state index < -0.39 is 11.9 Å². The van der Waals surface area contributed by atoms with Crippen molar-refractivity contribution in [3.63, 3.8) is 0 Å². The second-order valence-electron chi connectivity index (χ2n) is 6.88. The number of ether oxygens (including phenoxy) is 2. The van der Waals surface area contributed by atoms with Gasteiger partial charge in [0.15, 0.2) is 24.4 Å². The van der Waals surface area contributed by atoms with E-state index in [0.717, 1.165) is 0 Å². The van der Waals surface area contributed by atoms with E-state index in [1.807, 2.05) is 36.4 Å². The van der Waals surface area contributed by atoms with E-state index >= 15 is 0 Å². The molecular formula is C24H16N2O6. The van der Waals surface area contributed by atoms with Gasteiger partial charge in [-0.1, -0.05) is 24.3 Å². The average molecular weight is 428 g/mol. The summed E-state index contributed by atoms with van der Waals surface area (Å²) in [5.74, 6) is -0.504. The molecule has 0 fully saturated rings. The van der Waals surface area contributed by atoms with Crippen molar-refractivity contribution >= 4 is 34.1 Å². The number of hydrogen-bond donors (Lipinski definition) is 0. The number of benzene rings is 3. The molecule has 32 heavy (non-hydrogen) atoms. The molecule has 0 saturated carbocycles. The Morgan fingerprint density at radius 2 is 1.03 bits per heavy atom. The fourth-order valence-corrected chi connectivity index (χ4v) is 3.13. The van der Waals surface area contributed by atoms with E-state index in [4.69, 9.17) is 18.3 Å². The van der Waals surface area contributed by atoms with Crippen molar-refractivity contribution in [2.45, 2.75) is 13.2 Å². The maximum Gasteiger partial charge on any atom is 0.338 e. The Kier molecular flexibility index (Phi) is 5.09. The number of carbonyl (C=O) groups excluding carboxylic acids is 2. The van der Waals surface area contributed by atoms with Crippen molar-refractivity contribution in [2.75, 3.05) is 0 Å². The van der Waals surface area contributed by atoms with Crippen molar-refractivity contribution in [2.24, 2.45) is 0 Å². The molecule has 0 amide bonds. The van der Waals surface area contributed by atoms with Gasteiger partial charge in [0.2, 0.25) is 11.8 Å². The van der Waals surface area contributed by atoms with Crippen molar-refractivity contribution in [1.29, 1.82) is 0 Å². The molecule has 3 aromatic carbocycles. The quantitative estimate of drug-likeness (QED) is 0.359. The van der Waals surface area contributed by atoms with Gasteiger partial charge in [-0.2, -0.15) is 0 Å². The lowest BCUT2D eigenvalue weighted by atomic mass is 10.1. The molecule has 0 spiro atoms. The van der Waals surface area contributed by atoms with Gasteiger partial charge in [-0.3, -0.25) is 0 Å². The van der Waals surface area contributed by atoms with E-state index in [-0.39, 0.29) is 24.3 Å². The zero-order valence-corrected chi connectivity index (χ0v) is 16.7. The van der Waals surface area contributed by atoms with Gasteiger partial charge in [0.05, 0.1) is 11.1 Å². The predicted octanol–water partition coefficient (Wildman–Crippen LogP) is 4.68. The second kappa shape index (κ2) is 8.35. The zero-order valence-electron chi connectivity index (χ0n) is 16.7. The number of para-hydroxylation sites is 4. The Bertz CT molecular complexity index is 1240. The van der Waals surface area contributed by atoms with Gasteiger partial charge >= 0.3 is 11.9 Å². The second-order valence-corrected chi connectivity index (χ2v) is 6.88. The summed E-state index contributed by atoms with van der Waals surface area (Å²) in [6.45, 7) is -0.191. The molecule has 2 heterocycles. The highest BCUT2D eigenvalue weighted by atomic mass is 16.5. The molecule has 0 atom stereocenters. The Morgan fingerprint density at radius 1 is 0.625 bits per heavy atom. The highest BCUT2D eigenvalue weighted by Gasteiger charge is 2.14. The molecule has 2 aromatic heterocycles. The fourth-order valence-electron chi connectivity index (χ4n) is 3.13. The van der Waals surface area contributed by atoms with Crippen LogP contribution in [0.4, 0.5) is 0 Å². The van der Waals surface area contributed by atoms with E-state index in [1.54, 1.807) is 12.1 Å². The third kappa shape index (κ3) is 4.06. The molecule has 5 rings (SSSR count). The lowest BCUT2D eigenvalue weighted by Gasteiger charge is -2.05. The first-order valence-electron chi connectivity index (χ1n) is 9.79. The Balaban J connectivity index is 1.17. The monoisotopic (exact) mass is 428 g/mol. The molecule has 0 aliphatic rings. The topological polar surface area (TPSA) is 105 Å². The zero-order chi connectivity index (χ0) is 21.9. The van der Waals surface area contributed by atoms with Crippen LogP contribution in [0.2, 0.25) is 0 Å². The van der Waals surface area contributed by atoms with Crippen molar-refractivity contribution in [1.82, 2.24) is 9.97 Å². The first kappa shape index (κ1) is 19.5. The number of esters is 2. The summed E-state index contributed by atoms with van der Waals surface area (Å²) in [6, 6.07) is 20.5. The van der Waals surface area contributed by atoms with E-state index in [1.165, 1.54) is 24.3 Å². The van der Waals surface area contributed by atoms with Crippen LogP contribution in [0.3, 0.4) is 0 Å². The highest BCUT2D eigenvalue weighted by molar-refractivity contribution is 5.93. The van der Waals surface area contributed by atoms with Crippen LogP contribution in [-0.2, 0) is 22.7 Å². The van der Waals surface area contributed by atoms with Crippen molar-refractivity contribution < 1.29 is 27.9 Å². The summed E-state index contributed by atoms with van der Waals surface area (Å²) in [5.41, 5.74) is 3.21. The number of aromatic nitrogens is 2. The van der Waals surface area contributed by atoms with Crippen LogP contribution in [0.15, 0.2) is 81.6 Å². The van der Waals surface area contributed by atoms with Crippen LogP contribution in [0.5, 0.6) is 0 Å². The predicted molar refractivity (Wildman–Crippen MR) is 113 cm³/mol. The summed E-state index contributed by atoms with van der Waals surface area (Å²) in [5, 5.41) is 0. The van der Waals surface area contributed by atoms with Gasteiger partial charge in [0.1, 0.15) is 11.0 Å². The SMILES string of the molecule is O=C(OCc1nc2ccccc2o1)c1ccc(C(=O)OCc2nc3ccccc3o2)cc1. The molecule has 0 unspecified atom stereocenters. The molecular weight excluding hydrogens is 412 g/mol. The van der Waals surface area contributed by atoms with Gasteiger partial charge in [0.25, 0.3) is 0 Å². The fraction of sp³-hybridized carbons (Fsp3) is 0.0833. The minimum Gasteiger partial charge on any atom is -0.452 e. The van der Waals surface area contributed by atoms with Gasteiger partial charge in [-0.05, 0) is 48.5 Å². The number of rotatable bonds is 6. The third-order valence-corrected chi connectivity index (χ3v) is 4.69. The molecule has 158 valence electrons. The Morgan fingerprint density at radius 3 is 1.44 bits per heavy atom. The lowest BCUT2D eigenvalue weighted by molar-refractivity contribution is 0.0427. The first-order valence-corrected chi connectivity index (χ1v) is 9.79. The van der Waals surface area contributed by atoms with Gasteiger partial charge < -0.3 is 18.3 Å². The van der Waals surface area contributed by atoms with Crippen LogP contribution >= 0.6 is 0 Å². The van der Waals surface area contributed by atoms with E-state index in [9.17, 15) is 9.59 Å². The van der Waals surface area contributed by atoms with Gasteiger partial charge in [-0.15, -0.1) is 0 Å². The highest BCUT2D eigenvalue weighted by Crippen LogP contribution is 2.17. The number of fused-ring (bicyclic) bond motifs is 2. The molecule has 0 radical (unpaired) electrons. The molecule has 0 saturated heterocycles. The number of nitrogens with zero attached hydrogens (tertiary/aromatic N) is 2. The largest absolute Gasteiger partial charge is 0.452 e. The molecule has 8 nitrogen and oxygen atoms in total. The summed E-state index contributed by atoms with van der Waals surface area (Å²) in [6.07, 6.45) is 0. The Labute approximate surface area is 181 Å². The third-order valence-electron chi connectivity index (χ3n) is 4.69. The molecule has 0 aliphatic heterocycles. The maximum absolute atomic E-state index is 12.3. The number of hydrogen-bond acceptors (Lipinski definition) is 8. The lowest BCUT2D eigenvalue weighted by Crippen LogP contribution is -2.08. The summed E-state index contributed by atoms with van der Waals surface area (Å²) in [4.78, 5) is 33.1. The van der Waals surface area contributed by atoms with Crippen LogP contribution in [0.1, 0.15) is 32.5 Å². The summed E-state index contributed by atoms with van der Waals surface area (Å²) in [7, 11) is 0. The first-order chi connectivity index (χ1) is 15.7. The maximum atomic E-state index is 12.3. The summed E-state index contributed by atoms with van der Waals surface area (Å²) < 4.78 is 21.5.